The molecule has 1 aliphatic carbocycles. The van der Waals surface area contributed by atoms with Crippen LogP contribution in [-0.2, 0) is 0 Å². The fraction of sp³-hybridized carbons (Fsp3) is 0.353. The minimum absolute atomic E-state index is 0.0606. The number of rotatable bonds is 5. The highest BCUT2D eigenvalue weighted by Crippen LogP contribution is 2.39. The van der Waals surface area contributed by atoms with E-state index in [0.29, 0.717) is 17.3 Å². The first-order valence-corrected chi connectivity index (χ1v) is 7.57. The Morgan fingerprint density at radius 3 is 2.59 bits per heavy atom. The Balaban J connectivity index is 1.84. The quantitative estimate of drug-likeness (QED) is 0.661. The molecule has 1 aromatic carbocycles. The summed E-state index contributed by atoms with van der Waals surface area (Å²) in [5, 5.41) is 14.4. The summed E-state index contributed by atoms with van der Waals surface area (Å²) in [5.74, 6) is 1.29. The smallest absolute Gasteiger partial charge is 0.290 e. The van der Waals surface area contributed by atoms with E-state index in [1.54, 1.807) is 13.0 Å². The van der Waals surface area contributed by atoms with E-state index < -0.39 is 4.92 Å². The fourth-order valence-corrected chi connectivity index (χ4v) is 2.89. The van der Waals surface area contributed by atoms with E-state index in [1.807, 2.05) is 18.2 Å². The summed E-state index contributed by atoms with van der Waals surface area (Å²) in [5.41, 5.74) is 1.93. The van der Waals surface area contributed by atoms with Gasteiger partial charge in [0.05, 0.1) is 11.0 Å². The number of nitro groups is 1. The second-order valence-corrected chi connectivity index (χ2v) is 5.84. The highest BCUT2D eigenvalue weighted by Gasteiger charge is 2.28. The van der Waals surface area contributed by atoms with Crippen molar-refractivity contribution in [3.8, 4) is 0 Å². The van der Waals surface area contributed by atoms with Gasteiger partial charge in [0.2, 0.25) is 0 Å². The number of hydrogen-bond acceptors (Lipinski definition) is 4. The maximum atomic E-state index is 10.9. The van der Waals surface area contributed by atoms with E-state index in [2.05, 4.69) is 22.4 Å². The van der Waals surface area contributed by atoms with Crippen molar-refractivity contribution in [2.75, 3.05) is 5.32 Å². The molecular formula is C17H19N3O2. The Morgan fingerprint density at radius 2 is 2.05 bits per heavy atom. The molecule has 1 aliphatic rings. The second kappa shape index (κ2) is 6.13. The number of benzene rings is 1. The van der Waals surface area contributed by atoms with Crippen LogP contribution in [-0.4, -0.2) is 9.91 Å². The molecule has 5 nitrogen and oxygen atoms in total. The van der Waals surface area contributed by atoms with Crippen LogP contribution in [0.2, 0.25) is 0 Å². The monoisotopic (exact) mass is 297 g/mol. The highest BCUT2D eigenvalue weighted by molar-refractivity contribution is 5.48. The van der Waals surface area contributed by atoms with Crippen LogP contribution in [0.1, 0.15) is 36.4 Å². The van der Waals surface area contributed by atoms with Crippen molar-refractivity contribution in [1.82, 2.24) is 4.98 Å². The number of pyridine rings is 1. The molecule has 5 heteroatoms. The molecule has 0 spiro atoms. The van der Waals surface area contributed by atoms with Gasteiger partial charge in [-0.3, -0.25) is 10.1 Å². The summed E-state index contributed by atoms with van der Waals surface area (Å²) >= 11 is 0. The lowest BCUT2D eigenvalue weighted by Gasteiger charge is -2.35. The average molecular weight is 297 g/mol. The van der Waals surface area contributed by atoms with Crippen molar-refractivity contribution in [3.63, 3.8) is 0 Å². The standard InChI is InChI=1S/C17H19N3O2/c1-12-10-16(18-11-15(12)20(21)22)19-17(14-8-5-9-14)13-6-3-2-4-7-13/h2-4,6-7,10-11,14,17H,5,8-9H2,1H3,(H,18,19). The lowest BCUT2D eigenvalue weighted by atomic mass is 9.77. The number of hydrogen-bond donors (Lipinski definition) is 1. The molecule has 1 N–H and O–H groups in total. The summed E-state index contributed by atoms with van der Waals surface area (Å²) < 4.78 is 0. The molecule has 1 heterocycles. The van der Waals surface area contributed by atoms with Gasteiger partial charge in [-0.15, -0.1) is 0 Å². The molecule has 1 atom stereocenters. The maximum absolute atomic E-state index is 10.9. The number of nitrogens with zero attached hydrogens (tertiary/aromatic N) is 2. The molecule has 0 saturated heterocycles. The molecule has 114 valence electrons. The predicted molar refractivity (Wildman–Crippen MR) is 85.8 cm³/mol. The molecular weight excluding hydrogens is 278 g/mol. The fourth-order valence-electron chi connectivity index (χ4n) is 2.89. The van der Waals surface area contributed by atoms with Crippen LogP contribution in [0.15, 0.2) is 42.6 Å². The SMILES string of the molecule is Cc1cc(NC(c2ccccc2)C2CCC2)ncc1[N+](=O)[O-]. The zero-order chi connectivity index (χ0) is 15.5. The molecule has 0 aliphatic heterocycles. The number of aryl methyl sites for hydroxylation is 1. The normalized spacial score (nSPS) is 15.9. The van der Waals surface area contributed by atoms with Crippen molar-refractivity contribution in [2.45, 2.75) is 32.2 Å². The van der Waals surface area contributed by atoms with Gasteiger partial charge in [-0.05, 0) is 37.3 Å². The van der Waals surface area contributed by atoms with Gasteiger partial charge in [-0.25, -0.2) is 4.98 Å². The summed E-state index contributed by atoms with van der Waals surface area (Å²) in [6, 6.07) is 12.3. The van der Waals surface area contributed by atoms with Crippen molar-refractivity contribution in [2.24, 2.45) is 5.92 Å². The molecule has 0 bridgehead atoms. The summed E-state index contributed by atoms with van der Waals surface area (Å²) in [4.78, 5) is 14.7. The van der Waals surface area contributed by atoms with Crippen LogP contribution in [0.25, 0.3) is 0 Å². The first-order chi connectivity index (χ1) is 10.6. The largest absolute Gasteiger partial charge is 0.363 e. The summed E-state index contributed by atoms with van der Waals surface area (Å²) in [7, 11) is 0. The summed E-state index contributed by atoms with van der Waals surface area (Å²) in [6.07, 6.45) is 5.01. The van der Waals surface area contributed by atoms with E-state index in [4.69, 9.17) is 0 Å². The molecule has 0 radical (unpaired) electrons. The predicted octanol–water partition coefficient (Wildman–Crippen LogP) is 4.25. The van der Waals surface area contributed by atoms with Gasteiger partial charge in [-0.2, -0.15) is 0 Å². The topological polar surface area (TPSA) is 68.1 Å². The Bertz CT molecular complexity index is 669. The van der Waals surface area contributed by atoms with Gasteiger partial charge in [0.15, 0.2) is 0 Å². The third kappa shape index (κ3) is 2.93. The first-order valence-electron chi connectivity index (χ1n) is 7.57. The molecule has 22 heavy (non-hydrogen) atoms. The van der Waals surface area contributed by atoms with Gasteiger partial charge in [0.25, 0.3) is 5.69 Å². The van der Waals surface area contributed by atoms with Crippen molar-refractivity contribution in [1.29, 1.82) is 0 Å². The van der Waals surface area contributed by atoms with Crippen LogP contribution in [0.4, 0.5) is 11.5 Å². The van der Waals surface area contributed by atoms with Crippen LogP contribution in [0, 0.1) is 23.0 Å². The van der Waals surface area contributed by atoms with E-state index >= 15 is 0 Å². The zero-order valence-corrected chi connectivity index (χ0v) is 12.5. The van der Waals surface area contributed by atoms with E-state index in [1.165, 1.54) is 31.0 Å². The molecule has 3 rings (SSSR count). The first kappa shape index (κ1) is 14.5. The lowest BCUT2D eigenvalue weighted by Crippen LogP contribution is -2.26. The number of nitrogens with one attached hydrogen (secondary N) is 1. The molecule has 1 saturated carbocycles. The zero-order valence-electron chi connectivity index (χ0n) is 12.5. The van der Waals surface area contributed by atoms with Gasteiger partial charge in [0.1, 0.15) is 12.0 Å². The Kier molecular flexibility index (Phi) is 4.04. The van der Waals surface area contributed by atoms with E-state index in [-0.39, 0.29) is 11.7 Å². The van der Waals surface area contributed by atoms with Gasteiger partial charge in [-0.1, -0.05) is 36.8 Å². The molecule has 1 unspecified atom stereocenters. The van der Waals surface area contributed by atoms with E-state index in [0.717, 1.165) is 0 Å². The Morgan fingerprint density at radius 1 is 1.32 bits per heavy atom. The minimum Gasteiger partial charge on any atom is -0.363 e. The van der Waals surface area contributed by atoms with Gasteiger partial charge >= 0.3 is 0 Å². The maximum Gasteiger partial charge on any atom is 0.290 e. The van der Waals surface area contributed by atoms with Crippen molar-refractivity contribution < 1.29 is 4.92 Å². The van der Waals surface area contributed by atoms with Gasteiger partial charge in [0, 0.05) is 5.56 Å². The average Bonchev–Trinajstić information content (AvgIpc) is 2.45. The molecule has 2 aromatic rings. The Hall–Kier alpha value is -2.43. The van der Waals surface area contributed by atoms with Crippen LogP contribution >= 0.6 is 0 Å². The van der Waals surface area contributed by atoms with Crippen molar-refractivity contribution >= 4 is 11.5 Å². The van der Waals surface area contributed by atoms with Crippen LogP contribution in [0.3, 0.4) is 0 Å². The van der Waals surface area contributed by atoms with Crippen LogP contribution in [0.5, 0.6) is 0 Å². The second-order valence-electron chi connectivity index (χ2n) is 5.84. The third-order valence-corrected chi connectivity index (χ3v) is 4.36. The number of anilines is 1. The van der Waals surface area contributed by atoms with Gasteiger partial charge < -0.3 is 5.32 Å². The lowest BCUT2D eigenvalue weighted by molar-refractivity contribution is -0.385. The molecule has 1 aromatic heterocycles. The third-order valence-electron chi connectivity index (χ3n) is 4.36. The van der Waals surface area contributed by atoms with E-state index in [9.17, 15) is 10.1 Å². The minimum atomic E-state index is -0.396. The van der Waals surface area contributed by atoms with Crippen LogP contribution < -0.4 is 5.32 Å². The molecule has 1 fully saturated rings. The number of aromatic nitrogens is 1. The highest BCUT2D eigenvalue weighted by atomic mass is 16.6. The van der Waals surface area contributed by atoms with Crippen molar-refractivity contribution in [3.05, 3.63) is 63.8 Å². The Labute approximate surface area is 129 Å². The molecule has 0 amide bonds. The summed E-state index contributed by atoms with van der Waals surface area (Å²) in [6.45, 7) is 1.74.